The fraction of sp³-hybridized carbons (Fsp3) is 0.381. The van der Waals surface area contributed by atoms with Gasteiger partial charge in [0.2, 0.25) is 11.8 Å². The second-order valence-corrected chi connectivity index (χ2v) is 8.28. The van der Waals surface area contributed by atoms with Gasteiger partial charge in [0.15, 0.2) is 0 Å². The Kier molecular flexibility index (Phi) is 7.28. The molecule has 0 saturated carbocycles. The summed E-state index contributed by atoms with van der Waals surface area (Å²) in [6.07, 6.45) is 3.88. The third-order valence-electron chi connectivity index (χ3n) is 4.61. The fourth-order valence-corrected chi connectivity index (χ4v) is 4.67. The van der Waals surface area contributed by atoms with E-state index in [1.54, 1.807) is 31.2 Å². The first kappa shape index (κ1) is 21.3. The molecule has 0 unspecified atom stereocenters. The van der Waals surface area contributed by atoms with E-state index < -0.39 is 5.97 Å². The molecule has 1 heterocycles. The minimum Gasteiger partial charge on any atom is -0.462 e. The van der Waals surface area contributed by atoms with Crippen LogP contribution in [0.3, 0.4) is 0 Å². The molecule has 3 rings (SSSR count). The van der Waals surface area contributed by atoms with Crippen molar-refractivity contribution < 1.29 is 19.1 Å². The van der Waals surface area contributed by atoms with Gasteiger partial charge in [-0.25, -0.2) is 4.79 Å². The lowest BCUT2D eigenvalue weighted by atomic mass is 9.95. The van der Waals surface area contributed by atoms with Gasteiger partial charge in [-0.05, 0) is 62.4 Å². The Morgan fingerprint density at radius 3 is 2.38 bits per heavy atom. The van der Waals surface area contributed by atoms with Gasteiger partial charge in [0.25, 0.3) is 0 Å². The first-order valence-corrected chi connectivity index (χ1v) is 10.8. The number of halogens is 1. The summed E-state index contributed by atoms with van der Waals surface area (Å²) in [5.74, 6) is -0.971. The average molecular weight is 435 g/mol. The zero-order valence-corrected chi connectivity index (χ0v) is 17.8. The SMILES string of the molecule is CCOC(=O)c1c(NC(=O)CCC(=O)Nc2ccc(Cl)cc2)sc2c1CCCC2. The lowest BCUT2D eigenvalue weighted by Crippen LogP contribution is -2.18. The van der Waals surface area contributed by atoms with Crippen LogP contribution in [0.2, 0.25) is 5.02 Å². The smallest absolute Gasteiger partial charge is 0.341 e. The van der Waals surface area contributed by atoms with E-state index in [9.17, 15) is 14.4 Å². The van der Waals surface area contributed by atoms with E-state index in [0.717, 1.165) is 36.1 Å². The lowest BCUT2D eigenvalue weighted by molar-refractivity contribution is -0.121. The largest absolute Gasteiger partial charge is 0.462 e. The molecule has 1 aromatic carbocycles. The number of anilines is 2. The molecule has 1 aliphatic rings. The highest BCUT2D eigenvalue weighted by Crippen LogP contribution is 2.38. The molecule has 2 amide bonds. The van der Waals surface area contributed by atoms with Crippen LogP contribution in [0.5, 0.6) is 0 Å². The van der Waals surface area contributed by atoms with Crippen molar-refractivity contribution in [3.05, 3.63) is 45.3 Å². The zero-order valence-electron chi connectivity index (χ0n) is 16.2. The van der Waals surface area contributed by atoms with Crippen LogP contribution in [0.15, 0.2) is 24.3 Å². The third-order valence-corrected chi connectivity index (χ3v) is 6.07. The van der Waals surface area contributed by atoms with Crippen molar-refractivity contribution in [3.8, 4) is 0 Å². The lowest BCUT2D eigenvalue weighted by Gasteiger charge is -2.12. The van der Waals surface area contributed by atoms with Crippen LogP contribution in [0, 0.1) is 0 Å². The summed E-state index contributed by atoms with van der Waals surface area (Å²) in [6, 6.07) is 6.75. The number of benzene rings is 1. The van der Waals surface area contributed by atoms with Crippen molar-refractivity contribution in [1.29, 1.82) is 0 Å². The van der Waals surface area contributed by atoms with Gasteiger partial charge in [-0.3, -0.25) is 9.59 Å². The average Bonchev–Trinajstić information content (AvgIpc) is 3.06. The van der Waals surface area contributed by atoms with Crippen LogP contribution in [0.1, 0.15) is 53.4 Å². The predicted octanol–water partition coefficient (Wildman–Crippen LogP) is 4.81. The Morgan fingerprint density at radius 2 is 1.69 bits per heavy atom. The quantitative estimate of drug-likeness (QED) is 0.612. The molecule has 0 radical (unpaired) electrons. The maximum Gasteiger partial charge on any atom is 0.341 e. The molecule has 6 nitrogen and oxygen atoms in total. The minimum atomic E-state index is -0.400. The number of amides is 2. The van der Waals surface area contributed by atoms with E-state index in [1.165, 1.54) is 11.3 Å². The molecule has 0 aliphatic heterocycles. The monoisotopic (exact) mass is 434 g/mol. The summed E-state index contributed by atoms with van der Waals surface area (Å²) in [6.45, 7) is 2.04. The molecule has 0 bridgehead atoms. The summed E-state index contributed by atoms with van der Waals surface area (Å²) in [5.41, 5.74) is 2.09. The molecule has 29 heavy (non-hydrogen) atoms. The molecule has 1 aliphatic carbocycles. The number of hydrogen-bond acceptors (Lipinski definition) is 5. The van der Waals surface area contributed by atoms with Gasteiger partial charge < -0.3 is 15.4 Å². The van der Waals surface area contributed by atoms with Crippen LogP contribution in [0.25, 0.3) is 0 Å². The molecule has 0 spiro atoms. The number of ether oxygens (including phenoxy) is 1. The van der Waals surface area contributed by atoms with Crippen LogP contribution < -0.4 is 10.6 Å². The van der Waals surface area contributed by atoms with Crippen molar-refractivity contribution in [3.63, 3.8) is 0 Å². The molecule has 2 aromatic rings. The summed E-state index contributed by atoms with van der Waals surface area (Å²) in [7, 11) is 0. The van der Waals surface area contributed by atoms with E-state index in [0.29, 0.717) is 21.3 Å². The number of aryl methyl sites for hydroxylation is 1. The minimum absolute atomic E-state index is 0.0181. The van der Waals surface area contributed by atoms with Gasteiger partial charge in [0.1, 0.15) is 5.00 Å². The Hall–Kier alpha value is -2.38. The molecule has 1 aromatic heterocycles. The van der Waals surface area contributed by atoms with E-state index in [-0.39, 0.29) is 31.3 Å². The summed E-state index contributed by atoms with van der Waals surface area (Å²) in [5, 5.41) is 6.65. The number of nitrogens with one attached hydrogen (secondary N) is 2. The molecule has 154 valence electrons. The molecule has 8 heteroatoms. The third kappa shape index (κ3) is 5.58. The molecule has 0 saturated heterocycles. The van der Waals surface area contributed by atoms with Crippen LogP contribution in [-0.4, -0.2) is 24.4 Å². The normalized spacial score (nSPS) is 12.8. The van der Waals surface area contributed by atoms with Crippen molar-refractivity contribution in [2.75, 3.05) is 17.2 Å². The standard InChI is InChI=1S/C21H23ClN2O4S/c1-2-28-21(27)19-15-5-3-4-6-16(15)29-20(19)24-18(26)12-11-17(25)23-14-9-7-13(22)8-10-14/h7-10H,2-6,11-12H2,1H3,(H,23,25)(H,24,26). The number of rotatable bonds is 7. The summed E-state index contributed by atoms with van der Waals surface area (Å²) in [4.78, 5) is 38.1. The number of fused-ring (bicyclic) bond motifs is 1. The number of esters is 1. The van der Waals surface area contributed by atoms with Crippen LogP contribution >= 0.6 is 22.9 Å². The maximum absolute atomic E-state index is 12.4. The van der Waals surface area contributed by atoms with Crippen molar-refractivity contribution >= 4 is 51.4 Å². The van der Waals surface area contributed by atoms with Gasteiger partial charge in [-0.15, -0.1) is 11.3 Å². The van der Waals surface area contributed by atoms with Gasteiger partial charge in [-0.1, -0.05) is 11.6 Å². The highest BCUT2D eigenvalue weighted by atomic mass is 35.5. The Bertz CT molecular complexity index is 908. The topological polar surface area (TPSA) is 84.5 Å². The summed E-state index contributed by atoms with van der Waals surface area (Å²) >= 11 is 7.26. The molecule has 2 N–H and O–H groups in total. The fourth-order valence-electron chi connectivity index (χ4n) is 3.25. The first-order valence-electron chi connectivity index (χ1n) is 9.65. The van der Waals surface area contributed by atoms with E-state index in [1.807, 2.05) is 0 Å². The molecular weight excluding hydrogens is 412 g/mol. The number of carbonyl (C=O) groups excluding carboxylic acids is 3. The zero-order chi connectivity index (χ0) is 20.8. The van der Waals surface area contributed by atoms with E-state index in [4.69, 9.17) is 16.3 Å². The van der Waals surface area contributed by atoms with Crippen molar-refractivity contribution in [2.24, 2.45) is 0 Å². The Morgan fingerprint density at radius 1 is 1.03 bits per heavy atom. The summed E-state index contributed by atoms with van der Waals surface area (Å²) < 4.78 is 5.19. The second kappa shape index (κ2) is 9.89. The van der Waals surface area contributed by atoms with Crippen LogP contribution in [-0.2, 0) is 27.2 Å². The van der Waals surface area contributed by atoms with E-state index >= 15 is 0 Å². The van der Waals surface area contributed by atoms with Gasteiger partial charge in [0.05, 0.1) is 12.2 Å². The second-order valence-electron chi connectivity index (χ2n) is 6.74. The molecule has 0 fully saturated rings. The molecule has 0 atom stereocenters. The van der Waals surface area contributed by atoms with Gasteiger partial charge >= 0.3 is 5.97 Å². The maximum atomic E-state index is 12.4. The van der Waals surface area contributed by atoms with Crippen molar-refractivity contribution in [1.82, 2.24) is 0 Å². The number of carbonyl (C=O) groups is 3. The van der Waals surface area contributed by atoms with Crippen molar-refractivity contribution in [2.45, 2.75) is 45.4 Å². The van der Waals surface area contributed by atoms with Gasteiger partial charge in [0, 0.05) is 28.4 Å². The first-order chi connectivity index (χ1) is 14.0. The Balaban J connectivity index is 1.61. The highest BCUT2D eigenvalue weighted by Gasteiger charge is 2.27. The Labute approximate surface area is 178 Å². The molecular formula is C21H23ClN2O4S. The number of thiophene rings is 1. The highest BCUT2D eigenvalue weighted by molar-refractivity contribution is 7.17. The predicted molar refractivity (Wildman–Crippen MR) is 115 cm³/mol. The van der Waals surface area contributed by atoms with Gasteiger partial charge in [-0.2, -0.15) is 0 Å². The van der Waals surface area contributed by atoms with Crippen LogP contribution in [0.4, 0.5) is 10.7 Å². The van der Waals surface area contributed by atoms with E-state index in [2.05, 4.69) is 10.6 Å². The number of hydrogen-bond donors (Lipinski definition) is 2.